The number of fused-ring (bicyclic) bond motifs is 1. The Bertz CT molecular complexity index is 1400. The SMILES string of the molecule is O=C(O)c1scc2[nH]c(=O)n(-c3cc(CCc4cccc(F)c4)ccc3F)c(=O)c12. The van der Waals surface area contributed by atoms with Crippen LogP contribution in [-0.2, 0) is 12.8 Å². The number of hydrogen-bond acceptors (Lipinski definition) is 4. The van der Waals surface area contributed by atoms with Gasteiger partial charge in [-0.15, -0.1) is 11.3 Å². The van der Waals surface area contributed by atoms with Crippen LogP contribution < -0.4 is 11.2 Å². The number of rotatable bonds is 5. The van der Waals surface area contributed by atoms with Gasteiger partial charge in [0.25, 0.3) is 5.56 Å². The molecule has 6 nitrogen and oxygen atoms in total. The number of carboxylic acid groups (broad SMARTS) is 1. The molecule has 2 aromatic carbocycles. The smallest absolute Gasteiger partial charge is 0.346 e. The Morgan fingerprint density at radius 2 is 1.80 bits per heavy atom. The molecule has 9 heteroatoms. The predicted octanol–water partition coefficient (Wildman–Crippen LogP) is 3.50. The zero-order chi connectivity index (χ0) is 21.4. The monoisotopic (exact) mass is 428 g/mol. The molecule has 0 saturated carbocycles. The van der Waals surface area contributed by atoms with E-state index in [1.165, 1.54) is 29.6 Å². The van der Waals surface area contributed by atoms with Gasteiger partial charge in [0.2, 0.25) is 0 Å². The summed E-state index contributed by atoms with van der Waals surface area (Å²) in [5.41, 5.74) is -0.585. The van der Waals surface area contributed by atoms with Crippen LogP contribution in [0.5, 0.6) is 0 Å². The number of aromatic carboxylic acids is 1. The molecular weight excluding hydrogens is 414 g/mol. The summed E-state index contributed by atoms with van der Waals surface area (Å²) in [5, 5.41) is 10.5. The van der Waals surface area contributed by atoms with Crippen molar-refractivity contribution in [2.24, 2.45) is 0 Å². The highest BCUT2D eigenvalue weighted by molar-refractivity contribution is 7.13. The van der Waals surface area contributed by atoms with Crippen molar-refractivity contribution in [3.63, 3.8) is 0 Å². The average Bonchev–Trinajstić information content (AvgIpc) is 3.12. The van der Waals surface area contributed by atoms with Crippen LogP contribution in [0.4, 0.5) is 8.78 Å². The third kappa shape index (κ3) is 3.55. The number of aryl methyl sites for hydroxylation is 2. The van der Waals surface area contributed by atoms with E-state index in [-0.39, 0.29) is 27.3 Å². The van der Waals surface area contributed by atoms with Gasteiger partial charge in [-0.05, 0) is 48.2 Å². The summed E-state index contributed by atoms with van der Waals surface area (Å²) >= 11 is 0.805. The van der Waals surface area contributed by atoms with E-state index < -0.39 is 23.0 Å². The standard InChI is InChI=1S/C21H14F2N2O4S/c22-13-3-1-2-11(8-13)4-5-12-6-7-14(23)16(9-12)25-19(26)17-15(24-21(25)29)10-30-18(17)20(27)28/h1-3,6-10H,4-5H2,(H,24,29)(H,27,28). The van der Waals surface area contributed by atoms with Crippen LogP contribution in [0, 0.1) is 11.6 Å². The topological polar surface area (TPSA) is 92.2 Å². The molecule has 0 aliphatic rings. The van der Waals surface area contributed by atoms with Crippen molar-refractivity contribution in [2.45, 2.75) is 12.8 Å². The van der Waals surface area contributed by atoms with E-state index in [9.17, 15) is 28.3 Å². The van der Waals surface area contributed by atoms with Crippen LogP contribution in [0.2, 0.25) is 0 Å². The van der Waals surface area contributed by atoms with Crippen molar-refractivity contribution in [3.05, 3.63) is 96.3 Å². The molecule has 4 aromatic rings. The highest BCUT2D eigenvalue weighted by Gasteiger charge is 2.20. The number of carbonyl (C=O) groups is 1. The molecule has 0 spiro atoms. The fraction of sp³-hybridized carbons (Fsp3) is 0.0952. The number of thiophene rings is 1. The van der Waals surface area contributed by atoms with E-state index in [1.807, 2.05) is 0 Å². The molecule has 4 rings (SSSR count). The number of H-pyrrole nitrogens is 1. The third-order valence-electron chi connectivity index (χ3n) is 4.69. The van der Waals surface area contributed by atoms with E-state index in [0.717, 1.165) is 23.0 Å². The number of benzene rings is 2. The maximum absolute atomic E-state index is 14.5. The van der Waals surface area contributed by atoms with Crippen LogP contribution in [0.3, 0.4) is 0 Å². The minimum Gasteiger partial charge on any atom is -0.477 e. The molecule has 0 aliphatic heterocycles. The van der Waals surface area contributed by atoms with Gasteiger partial charge >= 0.3 is 11.7 Å². The Labute approximate surface area is 171 Å². The number of nitrogens with one attached hydrogen (secondary N) is 1. The van der Waals surface area contributed by atoms with E-state index >= 15 is 0 Å². The summed E-state index contributed by atoms with van der Waals surface area (Å²) < 4.78 is 28.5. The second-order valence-electron chi connectivity index (χ2n) is 6.65. The van der Waals surface area contributed by atoms with Crippen LogP contribution in [0.25, 0.3) is 16.6 Å². The summed E-state index contributed by atoms with van der Waals surface area (Å²) in [6.07, 6.45) is 0.894. The summed E-state index contributed by atoms with van der Waals surface area (Å²) in [5.74, 6) is -2.47. The first-order valence-electron chi connectivity index (χ1n) is 8.88. The number of halogens is 2. The molecular formula is C21H14F2N2O4S. The summed E-state index contributed by atoms with van der Waals surface area (Å²) in [4.78, 5) is 39.0. The van der Waals surface area contributed by atoms with Crippen LogP contribution in [-0.4, -0.2) is 20.6 Å². The minimum atomic E-state index is -1.31. The zero-order valence-electron chi connectivity index (χ0n) is 15.3. The molecule has 0 saturated heterocycles. The Balaban J connectivity index is 1.79. The highest BCUT2D eigenvalue weighted by Crippen LogP contribution is 2.21. The first-order valence-corrected chi connectivity index (χ1v) is 9.76. The third-order valence-corrected chi connectivity index (χ3v) is 5.66. The lowest BCUT2D eigenvalue weighted by atomic mass is 10.0. The molecule has 0 radical (unpaired) electrons. The lowest BCUT2D eigenvalue weighted by molar-refractivity contribution is 0.0704. The summed E-state index contributed by atoms with van der Waals surface area (Å²) in [7, 11) is 0. The molecule has 0 fully saturated rings. The summed E-state index contributed by atoms with van der Waals surface area (Å²) in [6.45, 7) is 0. The Kier molecular flexibility index (Phi) is 5.04. The Hall–Kier alpha value is -3.59. The molecule has 152 valence electrons. The molecule has 0 bridgehead atoms. The first kappa shape index (κ1) is 19.7. The normalized spacial score (nSPS) is 11.1. The van der Waals surface area contributed by atoms with Crippen molar-refractivity contribution in [1.29, 1.82) is 0 Å². The van der Waals surface area contributed by atoms with Crippen molar-refractivity contribution in [2.75, 3.05) is 0 Å². The fourth-order valence-electron chi connectivity index (χ4n) is 3.28. The van der Waals surface area contributed by atoms with Gasteiger partial charge in [0, 0.05) is 5.38 Å². The lowest BCUT2D eigenvalue weighted by Crippen LogP contribution is -2.34. The van der Waals surface area contributed by atoms with Crippen molar-refractivity contribution >= 4 is 28.2 Å². The van der Waals surface area contributed by atoms with Gasteiger partial charge in [0.15, 0.2) is 0 Å². The average molecular weight is 428 g/mol. The van der Waals surface area contributed by atoms with Gasteiger partial charge in [-0.25, -0.2) is 22.9 Å². The van der Waals surface area contributed by atoms with Gasteiger partial charge < -0.3 is 10.1 Å². The molecule has 0 atom stereocenters. The molecule has 0 aliphatic carbocycles. The number of aromatic nitrogens is 2. The van der Waals surface area contributed by atoms with Crippen LogP contribution in [0.15, 0.2) is 57.4 Å². The van der Waals surface area contributed by atoms with E-state index in [0.29, 0.717) is 23.0 Å². The second kappa shape index (κ2) is 7.68. The maximum atomic E-state index is 14.5. The lowest BCUT2D eigenvalue weighted by Gasteiger charge is -2.09. The minimum absolute atomic E-state index is 0.0892. The number of carboxylic acids is 1. The Morgan fingerprint density at radius 1 is 1.07 bits per heavy atom. The Morgan fingerprint density at radius 3 is 2.50 bits per heavy atom. The quantitative estimate of drug-likeness (QED) is 0.509. The molecule has 2 heterocycles. The van der Waals surface area contributed by atoms with Crippen molar-refractivity contribution < 1.29 is 18.7 Å². The fourth-order valence-corrected chi connectivity index (χ4v) is 4.11. The molecule has 2 aromatic heterocycles. The largest absolute Gasteiger partial charge is 0.477 e. The van der Waals surface area contributed by atoms with Crippen LogP contribution >= 0.6 is 11.3 Å². The van der Waals surface area contributed by atoms with E-state index in [1.54, 1.807) is 12.1 Å². The number of aromatic amines is 1. The van der Waals surface area contributed by atoms with Crippen molar-refractivity contribution in [3.8, 4) is 5.69 Å². The number of hydrogen-bond donors (Lipinski definition) is 2. The highest BCUT2D eigenvalue weighted by atomic mass is 32.1. The van der Waals surface area contributed by atoms with Crippen molar-refractivity contribution in [1.82, 2.24) is 9.55 Å². The van der Waals surface area contributed by atoms with Gasteiger partial charge in [-0.1, -0.05) is 18.2 Å². The van der Waals surface area contributed by atoms with Gasteiger partial charge in [0.1, 0.15) is 16.5 Å². The predicted molar refractivity (Wildman–Crippen MR) is 109 cm³/mol. The maximum Gasteiger partial charge on any atom is 0.346 e. The van der Waals surface area contributed by atoms with E-state index in [4.69, 9.17) is 0 Å². The van der Waals surface area contributed by atoms with Gasteiger partial charge in [-0.3, -0.25) is 4.79 Å². The molecule has 0 amide bonds. The van der Waals surface area contributed by atoms with Gasteiger partial charge in [0.05, 0.1) is 16.6 Å². The molecule has 30 heavy (non-hydrogen) atoms. The molecule has 2 N–H and O–H groups in total. The van der Waals surface area contributed by atoms with Gasteiger partial charge in [-0.2, -0.15) is 0 Å². The van der Waals surface area contributed by atoms with E-state index in [2.05, 4.69) is 4.98 Å². The first-order chi connectivity index (χ1) is 14.3. The zero-order valence-corrected chi connectivity index (χ0v) is 16.1. The summed E-state index contributed by atoms with van der Waals surface area (Å²) in [6, 6.07) is 10.1. The second-order valence-corrected chi connectivity index (χ2v) is 7.52. The van der Waals surface area contributed by atoms with Crippen LogP contribution in [0.1, 0.15) is 20.8 Å². The number of nitrogens with zero attached hydrogens (tertiary/aromatic N) is 1. The molecule has 0 unspecified atom stereocenters.